The van der Waals surface area contributed by atoms with Crippen LogP contribution in [0.25, 0.3) is 6.08 Å². The number of thioether (sulfide) groups is 1. The molecule has 0 bridgehead atoms. The van der Waals surface area contributed by atoms with E-state index in [2.05, 4.69) is 11.6 Å². The van der Waals surface area contributed by atoms with Crippen molar-refractivity contribution in [2.75, 3.05) is 12.3 Å². The largest absolute Gasteiger partial charge is 0.282 e. The number of nitrogens with zero attached hydrogens (tertiary/aromatic N) is 2. The molecular weight excluding hydrogens is 280 g/mol. The number of allylic oxidation sites excluding steroid dienone is 1. The minimum absolute atomic E-state index is 0.0678. The standard InChI is InChI=1S/C17H18N2OS/c1-3-5-12-21-17-18-15(16(20)19(17)11-4-2)13-14-9-7-6-8-10-14/h3-10,13H,2,11-12H2,1H3/b5-3+,15-13-. The molecule has 0 aromatic heterocycles. The summed E-state index contributed by atoms with van der Waals surface area (Å²) in [6.45, 7) is 6.16. The molecule has 1 heterocycles. The Hall–Kier alpha value is -2.07. The van der Waals surface area contributed by atoms with Crippen molar-refractivity contribution in [1.29, 1.82) is 0 Å². The van der Waals surface area contributed by atoms with Crippen LogP contribution in [0, 0.1) is 0 Å². The highest BCUT2D eigenvalue weighted by molar-refractivity contribution is 8.14. The molecule has 2 rings (SSSR count). The van der Waals surface area contributed by atoms with Gasteiger partial charge in [-0.15, -0.1) is 6.58 Å². The van der Waals surface area contributed by atoms with E-state index in [4.69, 9.17) is 0 Å². The number of benzene rings is 1. The van der Waals surface area contributed by atoms with Gasteiger partial charge in [-0.2, -0.15) is 0 Å². The summed E-state index contributed by atoms with van der Waals surface area (Å²) in [7, 11) is 0. The Morgan fingerprint density at radius 1 is 1.33 bits per heavy atom. The van der Waals surface area contributed by atoms with E-state index in [0.29, 0.717) is 12.2 Å². The molecule has 108 valence electrons. The summed E-state index contributed by atoms with van der Waals surface area (Å²) in [6.07, 6.45) is 7.57. The van der Waals surface area contributed by atoms with Gasteiger partial charge in [0.2, 0.25) is 0 Å². The van der Waals surface area contributed by atoms with E-state index in [0.717, 1.165) is 16.5 Å². The molecule has 0 radical (unpaired) electrons. The maximum absolute atomic E-state index is 12.4. The fraction of sp³-hybridized carbons (Fsp3) is 0.176. The molecule has 0 N–H and O–H groups in total. The first kappa shape index (κ1) is 15.3. The number of hydrogen-bond acceptors (Lipinski definition) is 3. The molecule has 0 saturated carbocycles. The minimum Gasteiger partial charge on any atom is -0.282 e. The molecule has 1 aliphatic heterocycles. The van der Waals surface area contributed by atoms with Gasteiger partial charge in [-0.3, -0.25) is 9.69 Å². The molecule has 0 spiro atoms. The predicted molar refractivity (Wildman–Crippen MR) is 91.0 cm³/mol. The van der Waals surface area contributed by atoms with Gasteiger partial charge in [0, 0.05) is 12.3 Å². The molecule has 1 amide bonds. The first-order valence-corrected chi connectivity index (χ1v) is 7.77. The second-order valence-corrected chi connectivity index (χ2v) is 5.41. The van der Waals surface area contributed by atoms with Gasteiger partial charge >= 0.3 is 0 Å². The van der Waals surface area contributed by atoms with E-state index < -0.39 is 0 Å². The number of amidine groups is 1. The van der Waals surface area contributed by atoms with Crippen LogP contribution in [0.3, 0.4) is 0 Å². The van der Waals surface area contributed by atoms with Crippen LogP contribution in [0.2, 0.25) is 0 Å². The lowest BCUT2D eigenvalue weighted by molar-refractivity contribution is -0.122. The number of aliphatic imine (C=N–C) groups is 1. The number of amides is 1. The lowest BCUT2D eigenvalue weighted by Crippen LogP contribution is -2.30. The molecule has 3 nitrogen and oxygen atoms in total. The molecule has 0 saturated heterocycles. The Labute approximate surface area is 129 Å². The van der Waals surface area contributed by atoms with Crippen LogP contribution in [-0.4, -0.2) is 28.3 Å². The van der Waals surface area contributed by atoms with Crippen molar-refractivity contribution in [2.45, 2.75) is 6.92 Å². The molecule has 0 atom stereocenters. The Balaban J connectivity index is 2.24. The van der Waals surface area contributed by atoms with Gasteiger partial charge in [-0.25, -0.2) is 4.99 Å². The predicted octanol–water partition coefficient (Wildman–Crippen LogP) is 3.72. The molecule has 1 aliphatic rings. The molecule has 0 fully saturated rings. The maximum atomic E-state index is 12.4. The summed E-state index contributed by atoms with van der Waals surface area (Å²) in [6, 6.07) is 9.75. The molecule has 1 aromatic rings. The summed E-state index contributed by atoms with van der Waals surface area (Å²) >= 11 is 1.55. The molecule has 1 aromatic carbocycles. The third kappa shape index (κ3) is 3.95. The molecule has 21 heavy (non-hydrogen) atoms. The van der Waals surface area contributed by atoms with Crippen LogP contribution >= 0.6 is 11.8 Å². The van der Waals surface area contributed by atoms with Crippen LogP contribution in [0.4, 0.5) is 0 Å². The zero-order valence-corrected chi connectivity index (χ0v) is 12.8. The van der Waals surface area contributed by atoms with E-state index >= 15 is 0 Å². The number of hydrogen-bond donors (Lipinski definition) is 0. The van der Waals surface area contributed by atoms with Crippen molar-refractivity contribution in [3.8, 4) is 0 Å². The first-order valence-electron chi connectivity index (χ1n) is 6.78. The highest BCUT2D eigenvalue weighted by Crippen LogP contribution is 2.23. The molecule has 0 aliphatic carbocycles. The first-order chi connectivity index (χ1) is 10.3. The molecular formula is C17H18N2OS. The van der Waals surface area contributed by atoms with Gasteiger partial charge in [0.25, 0.3) is 5.91 Å². The van der Waals surface area contributed by atoms with Gasteiger partial charge in [0.1, 0.15) is 5.70 Å². The summed E-state index contributed by atoms with van der Waals surface area (Å²) < 4.78 is 0. The summed E-state index contributed by atoms with van der Waals surface area (Å²) in [5.41, 5.74) is 1.45. The van der Waals surface area contributed by atoms with E-state index in [1.54, 1.807) is 22.7 Å². The highest BCUT2D eigenvalue weighted by Gasteiger charge is 2.29. The van der Waals surface area contributed by atoms with Gasteiger partial charge in [0.05, 0.1) is 0 Å². The summed E-state index contributed by atoms with van der Waals surface area (Å²) in [5.74, 6) is 0.733. The van der Waals surface area contributed by atoms with Crippen molar-refractivity contribution in [3.05, 3.63) is 66.4 Å². The van der Waals surface area contributed by atoms with Crippen LogP contribution in [-0.2, 0) is 4.79 Å². The van der Waals surface area contributed by atoms with E-state index in [1.807, 2.05) is 55.5 Å². The fourth-order valence-electron chi connectivity index (χ4n) is 1.86. The van der Waals surface area contributed by atoms with Crippen LogP contribution in [0.1, 0.15) is 12.5 Å². The lowest BCUT2D eigenvalue weighted by atomic mass is 10.2. The van der Waals surface area contributed by atoms with Crippen molar-refractivity contribution in [3.63, 3.8) is 0 Å². The van der Waals surface area contributed by atoms with E-state index in [1.165, 1.54) is 0 Å². The Kier molecular flexibility index (Phi) is 5.58. The molecule has 4 heteroatoms. The Morgan fingerprint density at radius 3 is 2.76 bits per heavy atom. The fourth-order valence-corrected chi connectivity index (χ4v) is 2.77. The Bertz CT molecular complexity index is 602. The normalized spacial score (nSPS) is 16.8. The summed E-state index contributed by atoms with van der Waals surface area (Å²) in [4.78, 5) is 18.5. The monoisotopic (exact) mass is 298 g/mol. The van der Waals surface area contributed by atoms with Crippen LogP contribution in [0.15, 0.2) is 65.8 Å². The van der Waals surface area contributed by atoms with Gasteiger partial charge in [0.15, 0.2) is 5.17 Å². The third-order valence-corrected chi connectivity index (χ3v) is 3.80. The minimum atomic E-state index is -0.0678. The quantitative estimate of drug-likeness (QED) is 0.613. The van der Waals surface area contributed by atoms with Crippen molar-refractivity contribution in [1.82, 2.24) is 4.90 Å². The topological polar surface area (TPSA) is 32.7 Å². The molecule has 0 unspecified atom stereocenters. The van der Waals surface area contributed by atoms with Crippen molar-refractivity contribution < 1.29 is 4.79 Å². The maximum Gasteiger partial charge on any atom is 0.278 e. The van der Waals surface area contributed by atoms with E-state index in [9.17, 15) is 4.79 Å². The van der Waals surface area contributed by atoms with Crippen molar-refractivity contribution >= 4 is 28.9 Å². The van der Waals surface area contributed by atoms with Crippen molar-refractivity contribution in [2.24, 2.45) is 4.99 Å². The van der Waals surface area contributed by atoms with Gasteiger partial charge < -0.3 is 0 Å². The number of rotatable bonds is 5. The second-order valence-electron chi connectivity index (χ2n) is 4.42. The average molecular weight is 298 g/mol. The smallest absolute Gasteiger partial charge is 0.278 e. The summed E-state index contributed by atoms with van der Waals surface area (Å²) in [5, 5.41) is 0.736. The van der Waals surface area contributed by atoms with Gasteiger partial charge in [-0.05, 0) is 18.6 Å². The van der Waals surface area contributed by atoms with Crippen LogP contribution < -0.4 is 0 Å². The zero-order chi connectivity index (χ0) is 15.1. The second kappa shape index (κ2) is 7.64. The van der Waals surface area contributed by atoms with Crippen LogP contribution in [0.5, 0.6) is 0 Å². The number of carbonyl (C=O) groups is 1. The lowest BCUT2D eigenvalue weighted by Gasteiger charge is -2.14. The average Bonchev–Trinajstić information content (AvgIpc) is 2.78. The highest BCUT2D eigenvalue weighted by atomic mass is 32.2. The SMILES string of the molecule is C=CCN1C(=O)/C(=C/c2ccccc2)N=C1SC/C=C/C. The third-order valence-electron chi connectivity index (χ3n) is 2.87. The van der Waals surface area contributed by atoms with E-state index in [-0.39, 0.29) is 5.91 Å². The van der Waals surface area contributed by atoms with Gasteiger partial charge in [-0.1, -0.05) is 60.3 Å². The Morgan fingerprint density at radius 2 is 2.10 bits per heavy atom. The number of carbonyl (C=O) groups excluding carboxylic acids is 1. The zero-order valence-electron chi connectivity index (χ0n) is 12.0.